The molecule has 0 saturated carbocycles. The number of hydrogen-bond donors (Lipinski definition) is 0. The number of nitrogens with zero attached hydrogens (tertiary/aromatic N) is 2. The molecule has 3 nitrogen and oxygen atoms in total. The minimum absolute atomic E-state index is 0.407. The predicted octanol–water partition coefficient (Wildman–Crippen LogP) is 6.53. The Hall–Kier alpha value is -2.82. The summed E-state index contributed by atoms with van der Waals surface area (Å²) in [7, 11) is 0. The third-order valence-corrected chi connectivity index (χ3v) is 5.41. The predicted molar refractivity (Wildman–Crippen MR) is 114 cm³/mol. The van der Waals surface area contributed by atoms with Gasteiger partial charge in [0.15, 0.2) is 0 Å². The third kappa shape index (κ3) is 4.35. The highest BCUT2D eigenvalue weighted by Crippen LogP contribution is 2.41. The van der Waals surface area contributed by atoms with Crippen molar-refractivity contribution in [1.29, 1.82) is 0 Å². The summed E-state index contributed by atoms with van der Waals surface area (Å²) in [6, 6.07) is 28.0. The first kappa shape index (κ1) is 18.5. The van der Waals surface area contributed by atoms with Gasteiger partial charge in [-0.25, -0.2) is 9.97 Å². The summed E-state index contributed by atoms with van der Waals surface area (Å²) >= 11 is 8.05. The van der Waals surface area contributed by atoms with Gasteiger partial charge in [0.05, 0.1) is 5.56 Å². The summed E-state index contributed by atoms with van der Waals surface area (Å²) in [5, 5.41) is 1.20. The van der Waals surface area contributed by atoms with Crippen LogP contribution in [0.25, 0.3) is 11.1 Å². The highest BCUT2D eigenvalue weighted by molar-refractivity contribution is 7.99. The summed E-state index contributed by atoms with van der Waals surface area (Å²) in [6.07, 6.45) is 1.49. The van der Waals surface area contributed by atoms with Gasteiger partial charge < -0.3 is 4.74 Å². The number of aromatic nitrogens is 2. The van der Waals surface area contributed by atoms with Gasteiger partial charge in [0.2, 0.25) is 0 Å². The fourth-order valence-electron chi connectivity index (χ4n) is 2.79. The number of ether oxygens (including phenoxy) is 1. The van der Waals surface area contributed by atoms with Gasteiger partial charge in [-0.05, 0) is 23.8 Å². The average molecular weight is 405 g/mol. The normalized spacial score (nSPS) is 10.6. The van der Waals surface area contributed by atoms with Gasteiger partial charge in [-0.15, -0.1) is 0 Å². The molecule has 0 unspecified atom stereocenters. The van der Waals surface area contributed by atoms with Crippen LogP contribution in [-0.4, -0.2) is 9.97 Å². The minimum Gasteiger partial charge on any atom is -0.488 e. The largest absolute Gasteiger partial charge is 0.488 e. The SMILES string of the molecule is Clc1ncnc(Sc2ccccc2)c1-c1ccccc1OCc1ccccc1. The van der Waals surface area contributed by atoms with Crippen molar-refractivity contribution in [2.24, 2.45) is 0 Å². The monoisotopic (exact) mass is 404 g/mol. The van der Waals surface area contributed by atoms with Gasteiger partial charge in [-0.2, -0.15) is 0 Å². The Labute approximate surface area is 173 Å². The second-order valence-electron chi connectivity index (χ2n) is 6.03. The molecule has 4 rings (SSSR count). The molecular weight excluding hydrogens is 388 g/mol. The lowest BCUT2D eigenvalue weighted by atomic mass is 10.1. The van der Waals surface area contributed by atoms with E-state index in [9.17, 15) is 0 Å². The minimum atomic E-state index is 0.407. The molecule has 5 heteroatoms. The lowest BCUT2D eigenvalue weighted by Crippen LogP contribution is -1.98. The number of hydrogen-bond acceptors (Lipinski definition) is 4. The molecule has 4 aromatic rings. The fraction of sp³-hybridized carbons (Fsp3) is 0.0435. The highest BCUT2D eigenvalue weighted by atomic mass is 35.5. The topological polar surface area (TPSA) is 35.0 Å². The van der Waals surface area contributed by atoms with Crippen LogP contribution in [0, 0.1) is 0 Å². The van der Waals surface area contributed by atoms with Crippen LogP contribution in [0.1, 0.15) is 5.56 Å². The van der Waals surface area contributed by atoms with Gasteiger partial charge >= 0.3 is 0 Å². The van der Waals surface area contributed by atoms with Crippen LogP contribution >= 0.6 is 23.4 Å². The van der Waals surface area contributed by atoms with Crippen LogP contribution in [-0.2, 0) is 6.61 Å². The first-order valence-electron chi connectivity index (χ1n) is 8.81. The van der Waals surface area contributed by atoms with Gasteiger partial charge in [0, 0.05) is 10.5 Å². The van der Waals surface area contributed by atoms with Crippen molar-refractivity contribution in [3.8, 4) is 16.9 Å². The van der Waals surface area contributed by atoms with E-state index < -0.39 is 0 Å². The summed E-state index contributed by atoms with van der Waals surface area (Å²) in [5.41, 5.74) is 2.76. The second-order valence-corrected chi connectivity index (χ2v) is 7.45. The Kier molecular flexibility index (Phi) is 5.90. The van der Waals surface area contributed by atoms with Gasteiger partial charge in [-0.1, -0.05) is 90.1 Å². The molecule has 0 radical (unpaired) electrons. The zero-order valence-corrected chi connectivity index (χ0v) is 16.5. The standard InChI is InChI=1S/C23H17ClN2OS/c24-22-21(23(26-16-25-22)28-18-11-5-2-6-12-18)19-13-7-8-14-20(19)27-15-17-9-3-1-4-10-17/h1-14,16H,15H2. The summed E-state index contributed by atoms with van der Waals surface area (Å²) < 4.78 is 6.11. The fourth-order valence-corrected chi connectivity index (χ4v) is 4.00. The van der Waals surface area contributed by atoms with E-state index in [0.717, 1.165) is 32.4 Å². The van der Waals surface area contributed by atoms with E-state index in [1.807, 2.05) is 84.9 Å². The van der Waals surface area contributed by atoms with E-state index in [1.165, 1.54) is 6.33 Å². The number of halogens is 1. The average Bonchev–Trinajstić information content (AvgIpc) is 2.74. The maximum absolute atomic E-state index is 6.50. The van der Waals surface area contributed by atoms with E-state index in [2.05, 4.69) is 9.97 Å². The molecule has 0 fully saturated rings. The smallest absolute Gasteiger partial charge is 0.141 e. The van der Waals surface area contributed by atoms with Crippen molar-refractivity contribution in [3.05, 3.63) is 102 Å². The van der Waals surface area contributed by atoms with Crippen molar-refractivity contribution in [1.82, 2.24) is 9.97 Å². The molecule has 0 bridgehead atoms. The molecule has 138 valence electrons. The van der Waals surface area contributed by atoms with E-state index in [1.54, 1.807) is 11.8 Å². The van der Waals surface area contributed by atoms with E-state index in [4.69, 9.17) is 16.3 Å². The molecule has 1 aromatic heterocycles. The zero-order valence-electron chi connectivity index (χ0n) is 15.0. The Balaban J connectivity index is 1.69. The summed E-state index contributed by atoms with van der Waals surface area (Å²) in [6.45, 7) is 0.477. The highest BCUT2D eigenvalue weighted by Gasteiger charge is 2.17. The van der Waals surface area contributed by atoms with Crippen LogP contribution in [0.2, 0.25) is 5.15 Å². The molecular formula is C23H17ClN2OS. The van der Waals surface area contributed by atoms with Crippen LogP contribution in [0.15, 0.2) is 101 Å². The molecule has 28 heavy (non-hydrogen) atoms. The maximum atomic E-state index is 6.50. The van der Waals surface area contributed by atoms with Crippen molar-refractivity contribution in [2.45, 2.75) is 16.5 Å². The molecule has 0 aliphatic carbocycles. The van der Waals surface area contributed by atoms with E-state index in [-0.39, 0.29) is 0 Å². The summed E-state index contributed by atoms with van der Waals surface area (Å²) in [4.78, 5) is 9.77. The molecule has 0 amide bonds. The zero-order chi connectivity index (χ0) is 19.2. The maximum Gasteiger partial charge on any atom is 0.141 e. The first-order valence-corrected chi connectivity index (χ1v) is 10.0. The molecule has 0 spiro atoms. The third-order valence-electron chi connectivity index (χ3n) is 4.12. The number of benzene rings is 3. The van der Waals surface area contributed by atoms with Crippen LogP contribution in [0.3, 0.4) is 0 Å². The lowest BCUT2D eigenvalue weighted by molar-refractivity contribution is 0.307. The lowest BCUT2D eigenvalue weighted by Gasteiger charge is -2.15. The van der Waals surface area contributed by atoms with Gasteiger partial charge in [-0.3, -0.25) is 0 Å². The Morgan fingerprint density at radius 2 is 1.46 bits per heavy atom. The Morgan fingerprint density at radius 3 is 2.25 bits per heavy atom. The molecule has 1 heterocycles. The summed E-state index contributed by atoms with van der Waals surface area (Å²) in [5.74, 6) is 0.748. The first-order chi connectivity index (χ1) is 13.8. The molecule has 0 N–H and O–H groups in total. The molecule has 0 aliphatic rings. The quantitative estimate of drug-likeness (QED) is 0.342. The van der Waals surface area contributed by atoms with Gasteiger partial charge in [0.1, 0.15) is 28.9 Å². The number of para-hydroxylation sites is 1. The molecule has 3 aromatic carbocycles. The molecule has 0 atom stereocenters. The van der Waals surface area contributed by atoms with Crippen LogP contribution in [0.5, 0.6) is 5.75 Å². The van der Waals surface area contributed by atoms with Crippen LogP contribution in [0.4, 0.5) is 0 Å². The Bertz CT molecular complexity index is 1060. The molecule has 0 aliphatic heterocycles. The van der Waals surface area contributed by atoms with E-state index >= 15 is 0 Å². The van der Waals surface area contributed by atoms with Gasteiger partial charge in [0.25, 0.3) is 0 Å². The van der Waals surface area contributed by atoms with E-state index in [0.29, 0.717) is 11.8 Å². The number of rotatable bonds is 6. The van der Waals surface area contributed by atoms with Crippen molar-refractivity contribution < 1.29 is 4.74 Å². The Morgan fingerprint density at radius 1 is 0.786 bits per heavy atom. The van der Waals surface area contributed by atoms with Crippen molar-refractivity contribution >= 4 is 23.4 Å². The van der Waals surface area contributed by atoms with Crippen LogP contribution < -0.4 is 4.74 Å². The van der Waals surface area contributed by atoms with Crippen molar-refractivity contribution in [3.63, 3.8) is 0 Å². The second kappa shape index (κ2) is 8.91. The molecule has 0 saturated heterocycles. The van der Waals surface area contributed by atoms with Crippen molar-refractivity contribution in [2.75, 3.05) is 0 Å².